The third kappa shape index (κ3) is 2.10. The topological polar surface area (TPSA) is 41.6 Å². The van der Waals surface area contributed by atoms with Crippen LogP contribution in [0.15, 0.2) is 4.47 Å². The van der Waals surface area contributed by atoms with E-state index in [9.17, 15) is 8.78 Å². The summed E-state index contributed by atoms with van der Waals surface area (Å²) in [7, 11) is 0. The van der Waals surface area contributed by atoms with Crippen LogP contribution in [0.5, 0.6) is 0 Å². The normalized spacial score (nSPS) is 10.6. The number of rotatable bonds is 3. The first-order valence-corrected chi connectivity index (χ1v) is 4.82. The summed E-state index contributed by atoms with van der Waals surface area (Å²) in [5.74, 6) is 0. The van der Waals surface area contributed by atoms with Crippen molar-refractivity contribution in [3.63, 3.8) is 0 Å². The second-order valence-corrected chi connectivity index (χ2v) is 3.44. The highest BCUT2D eigenvalue weighted by molar-refractivity contribution is 9.10. The molecule has 0 N–H and O–H groups in total. The lowest BCUT2D eigenvalue weighted by molar-refractivity contribution is 0.121. The van der Waals surface area contributed by atoms with Crippen LogP contribution in [0.3, 0.4) is 0 Å². The van der Waals surface area contributed by atoms with Crippen LogP contribution in [0.1, 0.15) is 18.3 Å². The van der Waals surface area contributed by atoms with Gasteiger partial charge < -0.3 is 0 Å². The molecule has 0 unspecified atom stereocenters. The Bertz CT molecular complexity index is 367. The van der Waals surface area contributed by atoms with Crippen molar-refractivity contribution in [3.05, 3.63) is 15.9 Å². The summed E-state index contributed by atoms with van der Waals surface area (Å²) in [4.78, 5) is 0. The van der Waals surface area contributed by atoms with E-state index in [0.717, 1.165) is 4.68 Å². The molecular formula is C8H8BrF2N3. The Labute approximate surface area is 88.5 Å². The maximum atomic E-state index is 12.1. The summed E-state index contributed by atoms with van der Waals surface area (Å²) in [6.45, 7) is 1.31. The fourth-order valence-electron chi connectivity index (χ4n) is 1.09. The van der Waals surface area contributed by atoms with Crippen molar-refractivity contribution in [1.82, 2.24) is 9.78 Å². The van der Waals surface area contributed by atoms with E-state index < -0.39 is 13.0 Å². The zero-order valence-corrected chi connectivity index (χ0v) is 9.05. The molecule has 6 heteroatoms. The molecule has 0 spiro atoms. The van der Waals surface area contributed by atoms with Gasteiger partial charge in [0.05, 0.1) is 10.2 Å². The van der Waals surface area contributed by atoms with Crippen molar-refractivity contribution >= 4 is 15.9 Å². The van der Waals surface area contributed by atoms with Crippen molar-refractivity contribution in [2.24, 2.45) is 0 Å². The first-order valence-electron chi connectivity index (χ1n) is 4.03. The second-order valence-electron chi connectivity index (χ2n) is 2.65. The molecule has 0 bridgehead atoms. The highest BCUT2D eigenvalue weighted by atomic mass is 79.9. The second kappa shape index (κ2) is 4.51. The highest BCUT2D eigenvalue weighted by Gasteiger charge is 2.16. The van der Waals surface area contributed by atoms with Gasteiger partial charge >= 0.3 is 0 Å². The molecule has 0 radical (unpaired) electrons. The molecule has 1 rings (SSSR count). The van der Waals surface area contributed by atoms with Gasteiger partial charge in [0.2, 0.25) is 0 Å². The maximum Gasteiger partial charge on any atom is 0.257 e. The molecule has 0 aliphatic heterocycles. The van der Waals surface area contributed by atoms with Crippen LogP contribution in [0.25, 0.3) is 0 Å². The van der Waals surface area contributed by atoms with E-state index in [1.807, 2.05) is 13.0 Å². The predicted molar refractivity (Wildman–Crippen MR) is 50.0 cm³/mol. The van der Waals surface area contributed by atoms with Crippen molar-refractivity contribution in [2.75, 3.05) is 0 Å². The van der Waals surface area contributed by atoms with Gasteiger partial charge in [-0.15, -0.1) is 0 Å². The molecule has 1 aromatic heterocycles. The van der Waals surface area contributed by atoms with E-state index >= 15 is 0 Å². The molecule has 0 saturated carbocycles. The smallest absolute Gasteiger partial charge is 0.248 e. The molecule has 0 atom stereocenters. The number of hydrogen-bond acceptors (Lipinski definition) is 2. The van der Waals surface area contributed by atoms with E-state index in [0.29, 0.717) is 16.6 Å². The van der Waals surface area contributed by atoms with Gasteiger partial charge in [-0.1, -0.05) is 6.92 Å². The Hall–Kier alpha value is -0.960. The Morgan fingerprint density at radius 1 is 1.64 bits per heavy atom. The summed E-state index contributed by atoms with van der Waals surface area (Å²) in [6, 6.07) is 1.84. The minimum atomic E-state index is -2.50. The number of nitriles is 1. The number of alkyl halides is 2. The van der Waals surface area contributed by atoms with E-state index in [1.165, 1.54) is 0 Å². The number of hydrogen-bond donors (Lipinski definition) is 0. The number of aryl methyl sites for hydroxylation is 1. The summed E-state index contributed by atoms with van der Waals surface area (Å²) in [6.07, 6.45) is -1.90. The van der Waals surface area contributed by atoms with Crippen LogP contribution in [0, 0.1) is 11.3 Å². The van der Waals surface area contributed by atoms with E-state index in [-0.39, 0.29) is 5.69 Å². The monoisotopic (exact) mass is 263 g/mol. The lowest BCUT2D eigenvalue weighted by Gasteiger charge is -2.00. The summed E-state index contributed by atoms with van der Waals surface area (Å²) < 4.78 is 25.7. The zero-order valence-electron chi connectivity index (χ0n) is 7.47. The number of nitrogens with zero attached hydrogens (tertiary/aromatic N) is 3. The Balaban J connectivity index is 3.11. The van der Waals surface area contributed by atoms with Gasteiger partial charge in [0, 0.05) is 0 Å². The maximum absolute atomic E-state index is 12.1. The van der Waals surface area contributed by atoms with Crippen LogP contribution in [0.2, 0.25) is 0 Å². The van der Waals surface area contributed by atoms with Gasteiger partial charge in [0.15, 0.2) is 5.69 Å². The Morgan fingerprint density at radius 3 is 2.71 bits per heavy atom. The van der Waals surface area contributed by atoms with Crippen LogP contribution in [-0.2, 0) is 13.0 Å². The summed E-state index contributed by atoms with van der Waals surface area (Å²) >= 11 is 3.16. The minimum Gasteiger partial charge on any atom is -0.248 e. The Morgan fingerprint density at radius 2 is 2.29 bits per heavy atom. The predicted octanol–water partition coefficient (Wildman–Crippen LogP) is 2.34. The first-order chi connectivity index (χ1) is 6.60. The van der Waals surface area contributed by atoms with Gasteiger partial charge in [0.25, 0.3) is 6.43 Å². The fraction of sp³-hybridized carbons (Fsp3) is 0.500. The average Bonchev–Trinajstić information content (AvgIpc) is 2.41. The van der Waals surface area contributed by atoms with Crippen LogP contribution in [0.4, 0.5) is 8.78 Å². The molecule has 1 heterocycles. The van der Waals surface area contributed by atoms with Crippen molar-refractivity contribution < 1.29 is 8.78 Å². The van der Waals surface area contributed by atoms with Gasteiger partial charge in [-0.3, -0.25) is 0 Å². The lowest BCUT2D eigenvalue weighted by atomic mass is 10.3. The van der Waals surface area contributed by atoms with Crippen molar-refractivity contribution in [1.29, 1.82) is 5.26 Å². The molecule has 3 nitrogen and oxygen atoms in total. The molecule has 0 aromatic carbocycles. The summed E-state index contributed by atoms with van der Waals surface area (Å²) in [5.41, 5.74) is 0.782. The van der Waals surface area contributed by atoms with Crippen molar-refractivity contribution in [3.8, 4) is 6.07 Å². The lowest BCUT2D eigenvalue weighted by Crippen LogP contribution is -2.10. The van der Waals surface area contributed by atoms with E-state index in [4.69, 9.17) is 5.26 Å². The molecule has 0 aliphatic carbocycles. The quantitative estimate of drug-likeness (QED) is 0.840. The SMILES string of the molecule is CCc1nn(CC(F)F)c(C#N)c1Br. The third-order valence-electron chi connectivity index (χ3n) is 1.71. The third-order valence-corrected chi connectivity index (χ3v) is 2.55. The van der Waals surface area contributed by atoms with E-state index in [1.54, 1.807) is 0 Å². The van der Waals surface area contributed by atoms with Gasteiger partial charge in [-0.05, 0) is 22.4 Å². The zero-order chi connectivity index (χ0) is 10.7. The van der Waals surface area contributed by atoms with Gasteiger partial charge in [-0.25, -0.2) is 13.5 Å². The molecule has 0 amide bonds. The van der Waals surface area contributed by atoms with Crippen LogP contribution >= 0.6 is 15.9 Å². The van der Waals surface area contributed by atoms with Gasteiger partial charge in [-0.2, -0.15) is 10.4 Å². The van der Waals surface area contributed by atoms with Crippen LogP contribution in [-0.4, -0.2) is 16.2 Å². The standard InChI is InChI=1S/C8H8BrF2N3/c1-2-5-8(9)6(3-12)14(13-5)4-7(10)11/h7H,2,4H2,1H3. The molecule has 1 aromatic rings. The fourth-order valence-corrected chi connectivity index (χ4v) is 1.74. The molecule has 0 saturated heterocycles. The van der Waals surface area contributed by atoms with E-state index in [2.05, 4.69) is 21.0 Å². The number of aromatic nitrogens is 2. The number of halogens is 3. The largest absolute Gasteiger partial charge is 0.257 e. The summed E-state index contributed by atoms with van der Waals surface area (Å²) in [5, 5.41) is 12.6. The molecule has 0 fully saturated rings. The molecule has 0 aliphatic rings. The van der Waals surface area contributed by atoms with Crippen molar-refractivity contribution in [2.45, 2.75) is 26.3 Å². The minimum absolute atomic E-state index is 0.155. The van der Waals surface area contributed by atoms with Crippen LogP contribution < -0.4 is 0 Å². The highest BCUT2D eigenvalue weighted by Crippen LogP contribution is 2.21. The average molecular weight is 264 g/mol. The molecule has 14 heavy (non-hydrogen) atoms. The molecular weight excluding hydrogens is 256 g/mol. The Kier molecular flexibility index (Phi) is 3.58. The first kappa shape index (κ1) is 11.1. The molecule has 76 valence electrons. The van der Waals surface area contributed by atoms with Gasteiger partial charge in [0.1, 0.15) is 12.6 Å².